The molecule has 196 valence electrons. The molecule has 0 spiro atoms. The van der Waals surface area contributed by atoms with Gasteiger partial charge in [-0.25, -0.2) is 4.98 Å². The van der Waals surface area contributed by atoms with Gasteiger partial charge in [-0.2, -0.15) is 22.9 Å². The fraction of sp³-hybridized carbons (Fsp3) is 0.0690. The molecule has 0 bridgehead atoms. The van der Waals surface area contributed by atoms with Crippen LogP contribution in [0.4, 0.5) is 13.2 Å². The van der Waals surface area contributed by atoms with Gasteiger partial charge in [-0.15, -0.1) is 0 Å². The summed E-state index contributed by atoms with van der Waals surface area (Å²) in [6.45, 7) is 0.281. The van der Waals surface area contributed by atoms with Gasteiger partial charge in [-0.1, -0.05) is 53.5 Å². The smallest absolute Gasteiger partial charge is 0.416 e. The monoisotopic (exact) mass is 567 g/mol. The van der Waals surface area contributed by atoms with Gasteiger partial charge in [-0.3, -0.25) is 4.79 Å². The van der Waals surface area contributed by atoms with Crippen molar-refractivity contribution in [3.63, 3.8) is 0 Å². The molecular formula is C29H18Cl2F3N3O2. The van der Waals surface area contributed by atoms with E-state index in [1.54, 1.807) is 60.7 Å². The van der Waals surface area contributed by atoms with Crippen LogP contribution < -0.4 is 10.3 Å². The number of halogens is 5. The van der Waals surface area contributed by atoms with Gasteiger partial charge in [0.2, 0.25) is 0 Å². The minimum atomic E-state index is -4.55. The summed E-state index contributed by atoms with van der Waals surface area (Å²) in [5.74, 6) is 0.579. The second kappa shape index (κ2) is 10.9. The van der Waals surface area contributed by atoms with Gasteiger partial charge in [0.25, 0.3) is 5.56 Å². The van der Waals surface area contributed by atoms with Crippen LogP contribution in [0.15, 0.2) is 101 Å². The van der Waals surface area contributed by atoms with E-state index in [0.29, 0.717) is 26.9 Å². The maximum atomic E-state index is 13.4. The molecule has 0 unspecified atom stereocenters. The summed E-state index contributed by atoms with van der Waals surface area (Å²) in [5.41, 5.74) is 0.577. The predicted octanol–water partition coefficient (Wildman–Crippen LogP) is 7.85. The first-order chi connectivity index (χ1) is 18.7. The summed E-state index contributed by atoms with van der Waals surface area (Å²) in [7, 11) is 0. The van der Waals surface area contributed by atoms with E-state index < -0.39 is 17.3 Å². The molecule has 0 N–H and O–H groups in total. The predicted molar refractivity (Wildman–Crippen MR) is 147 cm³/mol. The first-order valence-corrected chi connectivity index (χ1v) is 12.4. The van der Waals surface area contributed by atoms with Gasteiger partial charge < -0.3 is 4.74 Å². The Morgan fingerprint density at radius 2 is 1.67 bits per heavy atom. The SMILES string of the molecule is O=c1c2ccccc2nc(-c2cccc(C(F)(F)F)c2)n1N=Cc1ccc(OCc2ccc(Cl)c(Cl)c2)cc1. The van der Waals surface area contributed by atoms with Crippen LogP contribution in [-0.2, 0) is 12.8 Å². The molecule has 0 aliphatic carbocycles. The lowest BCUT2D eigenvalue weighted by atomic mass is 10.1. The molecule has 10 heteroatoms. The topological polar surface area (TPSA) is 56.5 Å². The van der Waals surface area contributed by atoms with Crippen molar-refractivity contribution in [3.8, 4) is 17.1 Å². The van der Waals surface area contributed by atoms with Crippen molar-refractivity contribution in [3.05, 3.63) is 128 Å². The average molecular weight is 568 g/mol. The molecule has 39 heavy (non-hydrogen) atoms. The minimum absolute atomic E-state index is 0.0115. The number of nitrogens with zero attached hydrogens (tertiary/aromatic N) is 3. The average Bonchev–Trinajstić information content (AvgIpc) is 2.93. The quantitative estimate of drug-likeness (QED) is 0.196. The van der Waals surface area contributed by atoms with Crippen LogP contribution in [0.3, 0.4) is 0 Å². The summed E-state index contributed by atoms with van der Waals surface area (Å²) in [4.78, 5) is 17.8. The molecule has 5 aromatic rings. The lowest BCUT2D eigenvalue weighted by Crippen LogP contribution is -2.20. The molecule has 4 aromatic carbocycles. The number of aromatic nitrogens is 2. The number of benzene rings is 4. The molecule has 5 nitrogen and oxygen atoms in total. The van der Waals surface area contributed by atoms with Gasteiger partial charge in [0.1, 0.15) is 12.4 Å². The number of hydrogen-bond donors (Lipinski definition) is 0. The Balaban J connectivity index is 1.45. The van der Waals surface area contributed by atoms with E-state index in [0.717, 1.165) is 22.4 Å². The fourth-order valence-corrected chi connectivity index (χ4v) is 4.14. The van der Waals surface area contributed by atoms with E-state index in [-0.39, 0.29) is 23.4 Å². The van der Waals surface area contributed by atoms with E-state index in [2.05, 4.69) is 10.1 Å². The van der Waals surface area contributed by atoms with Crippen LogP contribution in [0, 0.1) is 0 Å². The van der Waals surface area contributed by atoms with Gasteiger partial charge in [-0.05, 0) is 71.8 Å². The maximum Gasteiger partial charge on any atom is 0.416 e. The van der Waals surface area contributed by atoms with Crippen LogP contribution in [0.2, 0.25) is 10.0 Å². The van der Waals surface area contributed by atoms with E-state index in [9.17, 15) is 18.0 Å². The summed E-state index contributed by atoms with van der Waals surface area (Å²) < 4.78 is 46.9. The molecule has 1 heterocycles. The zero-order chi connectivity index (χ0) is 27.6. The van der Waals surface area contributed by atoms with Gasteiger partial charge in [0.15, 0.2) is 5.82 Å². The lowest BCUT2D eigenvalue weighted by molar-refractivity contribution is -0.137. The molecule has 0 amide bonds. The molecule has 0 fully saturated rings. The Morgan fingerprint density at radius 3 is 2.41 bits per heavy atom. The third-order valence-corrected chi connectivity index (χ3v) is 6.53. The van der Waals surface area contributed by atoms with Crippen molar-refractivity contribution >= 4 is 40.3 Å². The first-order valence-electron chi connectivity index (χ1n) is 11.6. The minimum Gasteiger partial charge on any atom is -0.489 e. The van der Waals surface area contributed by atoms with Crippen LogP contribution in [0.1, 0.15) is 16.7 Å². The summed E-state index contributed by atoms with van der Waals surface area (Å²) in [6.07, 6.45) is -3.12. The molecule has 5 rings (SSSR count). The Morgan fingerprint density at radius 1 is 0.897 bits per heavy atom. The summed E-state index contributed by atoms with van der Waals surface area (Å²) >= 11 is 12.0. The zero-order valence-corrected chi connectivity index (χ0v) is 21.5. The number of para-hydroxylation sites is 1. The van der Waals surface area contributed by atoms with Crippen LogP contribution in [0.5, 0.6) is 5.75 Å². The summed E-state index contributed by atoms with van der Waals surface area (Å²) in [5, 5.41) is 5.49. The molecule has 0 aliphatic heterocycles. The first kappa shape index (κ1) is 26.5. The molecule has 1 aromatic heterocycles. The van der Waals surface area contributed by atoms with E-state index in [1.807, 2.05) is 6.07 Å². The number of ether oxygens (including phenoxy) is 1. The van der Waals surface area contributed by atoms with Gasteiger partial charge >= 0.3 is 6.18 Å². The van der Waals surface area contributed by atoms with Crippen LogP contribution >= 0.6 is 23.2 Å². The van der Waals surface area contributed by atoms with Crippen LogP contribution in [0.25, 0.3) is 22.3 Å². The standard InChI is InChI=1S/C29H18Cl2F3N3O2/c30-24-13-10-19(14-25(24)31)17-39-22-11-8-18(9-12-22)16-35-37-27(20-4-3-5-21(15-20)29(32,33)34)36-26-7-2-1-6-23(26)28(37)38/h1-16H,17H2. The lowest BCUT2D eigenvalue weighted by Gasteiger charge is -2.12. The molecule has 0 aliphatic rings. The van der Waals surface area contributed by atoms with Crippen molar-refractivity contribution in [2.45, 2.75) is 12.8 Å². The van der Waals surface area contributed by atoms with E-state index >= 15 is 0 Å². The zero-order valence-electron chi connectivity index (χ0n) is 20.0. The Kier molecular flexibility index (Phi) is 7.41. The highest BCUT2D eigenvalue weighted by Crippen LogP contribution is 2.32. The third kappa shape index (κ3) is 5.97. The fourth-order valence-electron chi connectivity index (χ4n) is 3.82. The third-order valence-electron chi connectivity index (χ3n) is 5.79. The van der Waals surface area contributed by atoms with Crippen molar-refractivity contribution in [1.29, 1.82) is 0 Å². The number of alkyl halides is 3. The molecule has 0 radical (unpaired) electrons. The van der Waals surface area contributed by atoms with E-state index in [4.69, 9.17) is 27.9 Å². The van der Waals surface area contributed by atoms with Crippen LogP contribution in [-0.4, -0.2) is 15.9 Å². The highest BCUT2D eigenvalue weighted by Gasteiger charge is 2.31. The van der Waals surface area contributed by atoms with Gasteiger partial charge in [0.05, 0.1) is 32.7 Å². The van der Waals surface area contributed by atoms with Crippen molar-refractivity contribution in [2.24, 2.45) is 5.10 Å². The Bertz CT molecular complexity index is 1750. The second-order valence-corrected chi connectivity index (χ2v) is 9.31. The molecule has 0 atom stereocenters. The highest BCUT2D eigenvalue weighted by atomic mass is 35.5. The Hall–Kier alpha value is -4.14. The number of rotatable bonds is 6. The molecule has 0 saturated heterocycles. The number of fused-ring (bicyclic) bond motifs is 1. The Labute approximate surface area is 230 Å². The highest BCUT2D eigenvalue weighted by molar-refractivity contribution is 6.42. The largest absolute Gasteiger partial charge is 0.489 e. The van der Waals surface area contributed by atoms with Crippen molar-refractivity contribution in [2.75, 3.05) is 0 Å². The molecular weight excluding hydrogens is 550 g/mol. The molecule has 0 saturated carbocycles. The van der Waals surface area contributed by atoms with Gasteiger partial charge in [0, 0.05) is 5.56 Å². The summed E-state index contributed by atoms with van der Waals surface area (Å²) in [6, 6.07) is 23.4. The second-order valence-electron chi connectivity index (χ2n) is 8.50. The normalized spacial score (nSPS) is 11.8. The van der Waals surface area contributed by atoms with Crippen molar-refractivity contribution in [1.82, 2.24) is 9.66 Å². The van der Waals surface area contributed by atoms with Crippen molar-refractivity contribution < 1.29 is 17.9 Å². The number of hydrogen-bond acceptors (Lipinski definition) is 4. The maximum absolute atomic E-state index is 13.4. The van der Waals surface area contributed by atoms with E-state index in [1.165, 1.54) is 18.3 Å².